The van der Waals surface area contributed by atoms with E-state index in [2.05, 4.69) is 115 Å². The predicted octanol–water partition coefficient (Wildman–Crippen LogP) is 16.9. The average Bonchev–Trinajstić information content (AvgIpc) is 1.89. The van der Waals surface area contributed by atoms with Crippen molar-refractivity contribution in [2.45, 2.75) is 24.9 Å². The van der Waals surface area contributed by atoms with Crippen LogP contribution in [0.4, 0.5) is 68.6 Å². The van der Waals surface area contributed by atoms with Crippen LogP contribution in [0.15, 0.2) is 263 Å². The second kappa shape index (κ2) is 39.7. The van der Waals surface area contributed by atoms with Crippen LogP contribution in [-0.4, -0.2) is 44.9 Å². The van der Waals surface area contributed by atoms with Crippen molar-refractivity contribution in [3.8, 4) is 5.88 Å². The van der Waals surface area contributed by atoms with Crippen LogP contribution >= 0.6 is 58.8 Å². The second-order valence-electron chi connectivity index (χ2n) is 18.6. The SMILES string of the molecule is [Ir].[Ir].[Ir].[Ir].[Ir].[Ir].[c-]1ccccc1N1[CH-]Oc2ncccc21.[c-]1ccccc1N1[CH-]Sc2cccnc21.[c-]1ccccc1N1[CH-]Sc2cncnc21.[c-]1ccccc1N1[CH-]Sc2ncccc21.[c-]1ccccc1N1[CH-]Sc2nccnc21.[c-]1ccccc1N1[CH-]Sc2ncncc21. The molecular weight excluding hydrogens is 2370 g/mol. The summed E-state index contributed by atoms with van der Waals surface area (Å²) in [6, 6.07) is 78.1. The molecule has 498 valence electrons. The summed E-state index contributed by atoms with van der Waals surface area (Å²) in [6.45, 7) is 1.64. The zero-order valence-corrected chi connectivity index (χ0v) is 67.6. The molecule has 12 heterocycles. The van der Waals surface area contributed by atoms with Crippen molar-refractivity contribution in [3.63, 3.8) is 0 Å². The standard InChI is InChI=1S/C12H8N2O.2C12H8N2S.3C11H7N3S.6Ir/c1-2-5-10(6-3-1)14-9-15-12-11(14)7-4-8-13-12;1-2-5-10(6-3-1)14-9-15-11-7-4-8-13-12(11)14;1-2-5-10(6-3-1)14-9-15-12-11(14)7-4-8-13-12;1-2-4-9(5-3-1)14-8-15-10-6-12-7-13-11(10)14;1-2-4-9(5-3-1)14-8-15-11-10(14)6-12-7-13-11;1-2-4-9(5-3-1)14-8-15-11-10(14)12-6-7-13-11;;;;;;/h3*1-5,7-9H;3*1-4,6-8H;;;;;;/q6*-2;;;;;;. The quantitative estimate of drug-likeness (QED) is 0.115. The van der Waals surface area contributed by atoms with Gasteiger partial charge >= 0.3 is 0 Å². The fourth-order valence-electron chi connectivity index (χ4n) is 8.90. The van der Waals surface area contributed by atoms with E-state index in [4.69, 9.17) is 4.74 Å². The van der Waals surface area contributed by atoms with Gasteiger partial charge in [-0.2, -0.15) is 211 Å². The van der Waals surface area contributed by atoms with Gasteiger partial charge in [0.1, 0.15) is 35.1 Å². The van der Waals surface area contributed by atoms with Gasteiger partial charge in [0.15, 0.2) is 0 Å². The van der Waals surface area contributed by atoms with Crippen LogP contribution in [0.25, 0.3) is 0 Å². The number of ether oxygens (including phenoxy) is 1. The first-order chi connectivity index (χ1) is 44.7. The molecule has 6 aromatic carbocycles. The predicted molar refractivity (Wildman–Crippen MR) is 359 cm³/mol. The molecule has 0 amide bonds. The molecule has 0 N–H and O–H groups in total. The largest absolute Gasteiger partial charge is 0.627 e. The number of pyridine rings is 3. The van der Waals surface area contributed by atoms with Crippen LogP contribution < -0.4 is 34.1 Å². The van der Waals surface area contributed by atoms with Gasteiger partial charge in [0.2, 0.25) is 5.88 Å². The maximum atomic E-state index is 5.34. The Morgan fingerprint density at radius 3 is 1.27 bits per heavy atom. The maximum Gasteiger partial charge on any atom is 0.204 e. The molecule has 0 saturated carbocycles. The second-order valence-corrected chi connectivity index (χ2v) is 22.9. The maximum absolute atomic E-state index is 5.34. The Balaban J connectivity index is 0.000000161. The minimum Gasteiger partial charge on any atom is -0.627 e. The number of rotatable bonds is 6. The summed E-state index contributed by atoms with van der Waals surface area (Å²) in [5, 5.41) is 2.98. The van der Waals surface area contributed by atoms with Crippen LogP contribution in [0.2, 0.25) is 0 Å². The molecule has 0 fully saturated rings. The number of fused-ring (bicyclic) bond motifs is 6. The summed E-state index contributed by atoms with van der Waals surface area (Å²) >= 11 is 8.14. The Labute approximate surface area is 660 Å². The molecule has 0 spiro atoms. The number of benzene rings is 6. The normalized spacial score (nSPS) is 13.0. The van der Waals surface area contributed by atoms with Crippen molar-refractivity contribution < 1.29 is 125 Å². The first-order valence-corrected chi connectivity index (χ1v) is 31.9. The Morgan fingerprint density at radius 2 is 0.698 bits per heavy atom. The zero-order chi connectivity index (χ0) is 60.5. The smallest absolute Gasteiger partial charge is 0.204 e. The Hall–Kier alpha value is -5.74. The van der Waals surface area contributed by atoms with Crippen molar-refractivity contribution >= 4 is 127 Å². The van der Waals surface area contributed by atoms with Crippen LogP contribution in [-0.2, 0) is 121 Å². The molecule has 0 aliphatic carbocycles. The van der Waals surface area contributed by atoms with Crippen LogP contribution in [0, 0.1) is 72.5 Å². The minimum absolute atomic E-state index is 0. The topological polar surface area (TPSA) is 145 Å². The fourth-order valence-corrected chi connectivity index (χ4v) is 13.0. The number of para-hydroxylation sites is 6. The van der Waals surface area contributed by atoms with Crippen molar-refractivity contribution in [1.29, 1.82) is 0 Å². The van der Waals surface area contributed by atoms with Gasteiger partial charge in [-0.1, -0.05) is 6.73 Å². The number of nitrogens with zero attached hydrogens (tertiary/aromatic N) is 15. The Bertz CT molecular complexity index is 3570. The van der Waals surface area contributed by atoms with E-state index in [0.717, 1.165) is 88.6 Å². The van der Waals surface area contributed by atoms with Crippen molar-refractivity contribution in [1.82, 2.24) is 44.9 Å². The Morgan fingerprint density at radius 1 is 0.302 bits per heavy atom. The summed E-state index contributed by atoms with van der Waals surface area (Å²) in [5.41, 5.74) is 9.13. The van der Waals surface area contributed by atoms with Gasteiger partial charge in [0.05, 0.1) is 27.6 Å². The monoisotopic (exact) mass is 2420 g/mol. The zero-order valence-electron chi connectivity index (χ0n) is 49.1. The van der Waals surface area contributed by atoms with Gasteiger partial charge in [-0.15, -0.1) is 34.1 Å². The summed E-state index contributed by atoms with van der Waals surface area (Å²) in [4.78, 5) is 52.2. The fraction of sp³-hybridized carbons (Fsp3) is 0. The summed E-state index contributed by atoms with van der Waals surface area (Å²) in [5.74, 6) is 13.6. The molecule has 0 unspecified atom stereocenters. The molecular formula is C69H45Ir6N15OS5-12. The summed E-state index contributed by atoms with van der Waals surface area (Å²) < 4.78 is 5.34. The third-order valence-electron chi connectivity index (χ3n) is 13.0. The van der Waals surface area contributed by atoms with Crippen LogP contribution in [0.1, 0.15) is 0 Å². The van der Waals surface area contributed by atoms with Crippen molar-refractivity contribution in [2.24, 2.45) is 0 Å². The van der Waals surface area contributed by atoms with Gasteiger partial charge in [0.25, 0.3) is 0 Å². The molecule has 96 heavy (non-hydrogen) atoms. The molecule has 6 radical (unpaired) electrons. The molecule has 16 nitrogen and oxygen atoms in total. The van der Waals surface area contributed by atoms with Gasteiger partial charge in [-0.25, -0.2) is 39.9 Å². The first kappa shape index (κ1) is 77.6. The number of thioether (sulfide) groups is 5. The van der Waals surface area contributed by atoms with E-state index in [0.29, 0.717) is 5.88 Å². The van der Waals surface area contributed by atoms with Crippen LogP contribution in [0.3, 0.4) is 0 Å². The first-order valence-electron chi connectivity index (χ1n) is 27.5. The van der Waals surface area contributed by atoms with Gasteiger partial charge < -0.3 is 34.1 Å². The van der Waals surface area contributed by atoms with Gasteiger partial charge in [0, 0.05) is 173 Å². The minimum atomic E-state index is 0. The molecule has 12 aromatic rings. The molecule has 6 aliphatic heterocycles. The van der Waals surface area contributed by atoms with E-state index in [-0.39, 0.29) is 121 Å². The van der Waals surface area contributed by atoms with E-state index in [1.165, 1.54) is 4.90 Å². The third kappa shape index (κ3) is 19.4. The van der Waals surface area contributed by atoms with E-state index < -0.39 is 0 Å². The Kier molecular flexibility index (Phi) is 32.1. The van der Waals surface area contributed by atoms with Crippen molar-refractivity contribution in [3.05, 3.63) is 311 Å². The number of anilines is 12. The molecule has 18 rings (SSSR count). The van der Waals surface area contributed by atoms with E-state index in [1.54, 1.807) is 96.8 Å². The summed E-state index contributed by atoms with van der Waals surface area (Å²) in [6.07, 6.45) is 15.5. The summed E-state index contributed by atoms with van der Waals surface area (Å²) in [7, 11) is 0. The van der Waals surface area contributed by atoms with Gasteiger partial charge in [-0.05, 0) is 36.4 Å². The van der Waals surface area contributed by atoms with E-state index >= 15 is 0 Å². The number of aromatic nitrogens is 9. The molecule has 0 saturated heterocycles. The van der Waals surface area contributed by atoms with Crippen molar-refractivity contribution in [2.75, 3.05) is 29.4 Å². The van der Waals surface area contributed by atoms with Crippen LogP contribution in [0.5, 0.6) is 5.88 Å². The molecule has 6 aromatic heterocycles. The average molecular weight is 2410 g/mol. The molecule has 0 atom stereocenters. The van der Waals surface area contributed by atoms with E-state index in [9.17, 15) is 0 Å². The molecule has 0 bridgehead atoms. The third-order valence-corrected chi connectivity index (χ3v) is 17.3. The molecule has 27 heteroatoms. The van der Waals surface area contributed by atoms with Gasteiger partial charge in [-0.3, -0.25) is 63.8 Å². The number of hydrogen-bond donors (Lipinski definition) is 0. The van der Waals surface area contributed by atoms with E-state index in [1.807, 2.05) is 232 Å². The molecule has 6 aliphatic rings. The number of hydrogen-bond acceptors (Lipinski definition) is 21.